The van der Waals surface area contributed by atoms with Crippen molar-refractivity contribution in [3.8, 4) is 0 Å². The number of amides is 3. The lowest BCUT2D eigenvalue weighted by molar-refractivity contribution is -0.142. The number of nitrogens with one attached hydrogen (secondary N) is 2. The van der Waals surface area contributed by atoms with Gasteiger partial charge in [0.1, 0.15) is 11.6 Å². The predicted octanol–water partition coefficient (Wildman–Crippen LogP) is 5.29. The molecule has 4 aliphatic rings. The standard InChI is InChI=1S/C32H36ClN3O4S/c1-18-6-4-9-24(19(18)2)35-30(38)28-32-15-14-25(40-32)26(29(37)34-22-7-5-8-23(16-22)41-3)27(32)31(39)36(28)17-20-10-12-21(33)13-11-20/h5,7-8,10-16,18-19,24-28H,4,6,9,17H2,1-3H3,(H,34,37)(H,35,38)/t18?,19?,24?,25-,26?,27-,28?,32?/m0/s1. The molecule has 2 aromatic carbocycles. The van der Waals surface area contributed by atoms with Crippen molar-refractivity contribution in [2.75, 3.05) is 11.6 Å². The Bertz CT molecular complexity index is 1380. The van der Waals surface area contributed by atoms with Crippen LogP contribution in [-0.2, 0) is 25.7 Å². The van der Waals surface area contributed by atoms with Gasteiger partial charge in [-0.25, -0.2) is 0 Å². The first-order chi connectivity index (χ1) is 19.7. The molecule has 3 fully saturated rings. The van der Waals surface area contributed by atoms with Crippen LogP contribution in [0.5, 0.6) is 0 Å². The summed E-state index contributed by atoms with van der Waals surface area (Å²) in [5.74, 6) is -1.45. The van der Waals surface area contributed by atoms with Gasteiger partial charge in [0.15, 0.2) is 0 Å². The van der Waals surface area contributed by atoms with Gasteiger partial charge in [-0.15, -0.1) is 11.8 Å². The number of hydrogen-bond acceptors (Lipinski definition) is 5. The summed E-state index contributed by atoms with van der Waals surface area (Å²) >= 11 is 7.71. The van der Waals surface area contributed by atoms with E-state index in [9.17, 15) is 14.4 Å². The van der Waals surface area contributed by atoms with E-state index in [0.717, 1.165) is 29.7 Å². The molecule has 3 amide bonds. The van der Waals surface area contributed by atoms with Crippen molar-refractivity contribution in [2.45, 2.75) is 68.3 Å². The summed E-state index contributed by atoms with van der Waals surface area (Å²) in [4.78, 5) is 44.8. The van der Waals surface area contributed by atoms with Gasteiger partial charge in [0.25, 0.3) is 0 Å². The zero-order valence-electron chi connectivity index (χ0n) is 23.5. The topological polar surface area (TPSA) is 87.7 Å². The Morgan fingerprint density at radius 3 is 2.66 bits per heavy atom. The molecule has 0 radical (unpaired) electrons. The van der Waals surface area contributed by atoms with E-state index in [1.807, 2.05) is 54.8 Å². The maximum Gasteiger partial charge on any atom is 0.246 e. The first-order valence-electron chi connectivity index (χ1n) is 14.4. The number of ether oxygens (including phenoxy) is 1. The second-order valence-corrected chi connectivity index (χ2v) is 13.2. The summed E-state index contributed by atoms with van der Waals surface area (Å²) in [6.07, 6.45) is 8.22. The van der Waals surface area contributed by atoms with Crippen LogP contribution in [0, 0.1) is 23.7 Å². The minimum atomic E-state index is -1.20. The highest BCUT2D eigenvalue weighted by atomic mass is 35.5. The van der Waals surface area contributed by atoms with E-state index in [2.05, 4.69) is 24.5 Å². The monoisotopic (exact) mass is 593 g/mol. The molecule has 6 rings (SSSR count). The van der Waals surface area contributed by atoms with Gasteiger partial charge in [-0.2, -0.15) is 0 Å². The van der Waals surface area contributed by atoms with E-state index in [-0.39, 0.29) is 30.3 Å². The molecule has 2 saturated heterocycles. The number of anilines is 1. The highest BCUT2D eigenvalue weighted by Gasteiger charge is 2.72. The Kier molecular flexibility index (Phi) is 7.68. The number of carbonyl (C=O) groups excluding carboxylic acids is 3. The third-order valence-corrected chi connectivity index (χ3v) is 10.5. The molecule has 1 aliphatic carbocycles. The van der Waals surface area contributed by atoms with Crippen molar-refractivity contribution in [3.63, 3.8) is 0 Å². The average molecular weight is 594 g/mol. The number of nitrogens with zero attached hydrogens (tertiary/aromatic N) is 1. The Hall–Kier alpha value is -2.81. The van der Waals surface area contributed by atoms with E-state index < -0.39 is 29.6 Å². The van der Waals surface area contributed by atoms with E-state index >= 15 is 0 Å². The molecule has 1 spiro atoms. The van der Waals surface area contributed by atoms with Crippen LogP contribution < -0.4 is 10.6 Å². The fourth-order valence-corrected chi connectivity index (χ4v) is 7.78. The molecule has 216 valence electrons. The molecule has 3 aliphatic heterocycles. The zero-order valence-corrected chi connectivity index (χ0v) is 25.1. The third-order valence-electron chi connectivity index (χ3n) is 9.56. The molecule has 1 saturated carbocycles. The van der Waals surface area contributed by atoms with Crippen molar-refractivity contribution in [2.24, 2.45) is 23.7 Å². The molecule has 7 nitrogen and oxygen atoms in total. The van der Waals surface area contributed by atoms with Crippen molar-refractivity contribution in [1.29, 1.82) is 0 Å². The van der Waals surface area contributed by atoms with Crippen molar-refractivity contribution in [1.82, 2.24) is 10.2 Å². The molecule has 0 aromatic heterocycles. The Balaban J connectivity index is 1.32. The van der Waals surface area contributed by atoms with Crippen LogP contribution in [0.2, 0.25) is 5.02 Å². The van der Waals surface area contributed by atoms with Gasteiger partial charge in [0, 0.05) is 28.2 Å². The summed E-state index contributed by atoms with van der Waals surface area (Å²) in [6, 6.07) is 14.0. The van der Waals surface area contributed by atoms with E-state index in [1.54, 1.807) is 28.8 Å². The van der Waals surface area contributed by atoms with Crippen LogP contribution in [0.1, 0.15) is 38.7 Å². The smallest absolute Gasteiger partial charge is 0.246 e. The van der Waals surface area contributed by atoms with Crippen LogP contribution in [-0.4, -0.2) is 52.7 Å². The van der Waals surface area contributed by atoms with Gasteiger partial charge in [-0.05, 0) is 60.4 Å². The zero-order chi connectivity index (χ0) is 28.9. The summed E-state index contributed by atoms with van der Waals surface area (Å²) in [6.45, 7) is 4.63. The molecule has 2 N–H and O–H groups in total. The molecule has 6 unspecified atom stereocenters. The Morgan fingerprint density at radius 1 is 1.12 bits per heavy atom. The molecular weight excluding hydrogens is 558 g/mol. The molecule has 2 bridgehead atoms. The molecule has 9 heteroatoms. The number of hydrogen-bond donors (Lipinski definition) is 2. The number of rotatable bonds is 7. The lowest BCUT2D eigenvalue weighted by Crippen LogP contribution is -2.57. The third kappa shape index (κ3) is 4.98. The number of thioether (sulfide) groups is 1. The number of benzene rings is 2. The van der Waals surface area contributed by atoms with Crippen molar-refractivity contribution in [3.05, 3.63) is 71.3 Å². The van der Waals surface area contributed by atoms with E-state index in [0.29, 0.717) is 22.5 Å². The fraction of sp³-hybridized carbons (Fsp3) is 0.469. The first-order valence-corrected chi connectivity index (χ1v) is 16.0. The molecule has 3 heterocycles. The van der Waals surface area contributed by atoms with Gasteiger partial charge >= 0.3 is 0 Å². The maximum absolute atomic E-state index is 14.3. The highest BCUT2D eigenvalue weighted by Crippen LogP contribution is 2.55. The summed E-state index contributed by atoms with van der Waals surface area (Å²) < 4.78 is 6.51. The van der Waals surface area contributed by atoms with Crippen LogP contribution in [0.4, 0.5) is 5.69 Å². The number of likely N-dealkylation sites (tertiary alicyclic amines) is 1. The number of fused-ring (bicyclic) bond motifs is 1. The normalized spacial score (nSPS) is 33.6. The van der Waals surface area contributed by atoms with Crippen molar-refractivity contribution >= 4 is 46.8 Å². The van der Waals surface area contributed by atoms with Gasteiger partial charge < -0.3 is 20.3 Å². The average Bonchev–Trinajstić information content (AvgIpc) is 3.60. The maximum atomic E-state index is 14.3. The fourth-order valence-electron chi connectivity index (χ4n) is 7.20. The lowest BCUT2D eigenvalue weighted by atomic mass is 9.73. The molecule has 8 atom stereocenters. The van der Waals surface area contributed by atoms with Crippen LogP contribution in [0.25, 0.3) is 0 Å². The Labute approximate surface area is 250 Å². The van der Waals surface area contributed by atoms with E-state index in [4.69, 9.17) is 16.3 Å². The Morgan fingerprint density at radius 2 is 1.90 bits per heavy atom. The first kappa shape index (κ1) is 28.3. The summed E-state index contributed by atoms with van der Waals surface area (Å²) in [7, 11) is 0. The number of carbonyl (C=O) groups is 3. The largest absolute Gasteiger partial charge is 0.359 e. The quantitative estimate of drug-likeness (QED) is 0.336. The predicted molar refractivity (Wildman–Crippen MR) is 160 cm³/mol. The van der Waals surface area contributed by atoms with Gasteiger partial charge in [-0.1, -0.05) is 68.6 Å². The van der Waals surface area contributed by atoms with Crippen LogP contribution in [0.3, 0.4) is 0 Å². The minimum absolute atomic E-state index is 0.0274. The number of halogens is 1. The molecule has 2 aromatic rings. The van der Waals surface area contributed by atoms with Gasteiger partial charge in [0.2, 0.25) is 17.7 Å². The highest BCUT2D eigenvalue weighted by molar-refractivity contribution is 7.98. The van der Waals surface area contributed by atoms with Gasteiger partial charge in [0.05, 0.1) is 17.9 Å². The van der Waals surface area contributed by atoms with Crippen molar-refractivity contribution < 1.29 is 19.1 Å². The minimum Gasteiger partial charge on any atom is -0.359 e. The second kappa shape index (κ2) is 11.1. The second-order valence-electron chi connectivity index (χ2n) is 11.9. The van der Waals surface area contributed by atoms with E-state index in [1.165, 1.54) is 0 Å². The summed E-state index contributed by atoms with van der Waals surface area (Å²) in [5, 5.41) is 6.91. The van der Waals surface area contributed by atoms with Crippen LogP contribution >= 0.6 is 23.4 Å². The van der Waals surface area contributed by atoms with Crippen LogP contribution in [0.15, 0.2) is 65.6 Å². The lowest BCUT2D eigenvalue weighted by Gasteiger charge is -2.38. The SMILES string of the molecule is CSc1cccc(NC(=O)C2[C@@H]3C=CC4(O3)C(C(=O)NC3CCCC(C)C3C)N(Cc3ccc(Cl)cc3)C(=O)[C@H]24)c1. The molecular formula is C32H36ClN3O4S. The summed E-state index contributed by atoms with van der Waals surface area (Å²) in [5.41, 5.74) is 0.316. The molecule has 41 heavy (non-hydrogen) atoms. The van der Waals surface area contributed by atoms with Gasteiger partial charge in [-0.3, -0.25) is 14.4 Å².